The zero-order valence-electron chi connectivity index (χ0n) is 15.0. The van der Waals surface area contributed by atoms with Gasteiger partial charge in [0.2, 0.25) is 11.7 Å². The SMILES string of the molecule is O=C(NCc1nc(-c2ccc3c(c2)nnn3C2CCCC2)no1)c1ccco1. The van der Waals surface area contributed by atoms with Gasteiger partial charge in [-0.25, -0.2) is 4.68 Å². The number of nitrogens with zero attached hydrogens (tertiary/aromatic N) is 5. The van der Waals surface area contributed by atoms with Gasteiger partial charge in [-0.1, -0.05) is 23.2 Å². The second kappa shape index (κ2) is 6.91. The Bertz CT molecular complexity index is 1110. The summed E-state index contributed by atoms with van der Waals surface area (Å²) in [4.78, 5) is 16.2. The first kappa shape index (κ1) is 16.7. The predicted molar refractivity (Wildman–Crippen MR) is 98.2 cm³/mol. The molecule has 0 spiro atoms. The number of aromatic nitrogens is 5. The highest BCUT2D eigenvalue weighted by Crippen LogP contribution is 2.31. The molecule has 1 aliphatic carbocycles. The van der Waals surface area contributed by atoms with Gasteiger partial charge in [0.05, 0.1) is 24.4 Å². The first-order valence-corrected chi connectivity index (χ1v) is 9.27. The zero-order valence-corrected chi connectivity index (χ0v) is 15.0. The van der Waals surface area contributed by atoms with E-state index >= 15 is 0 Å². The number of fused-ring (bicyclic) bond motifs is 1. The maximum Gasteiger partial charge on any atom is 0.287 e. The van der Waals surface area contributed by atoms with E-state index in [1.165, 1.54) is 19.1 Å². The lowest BCUT2D eigenvalue weighted by molar-refractivity contribution is 0.0918. The maximum absolute atomic E-state index is 11.9. The molecule has 0 bridgehead atoms. The number of nitrogens with one attached hydrogen (secondary N) is 1. The van der Waals surface area contributed by atoms with Gasteiger partial charge in [0, 0.05) is 5.56 Å². The van der Waals surface area contributed by atoms with E-state index in [1.807, 2.05) is 22.9 Å². The molecule has 3 aromatic heterocycles. The number of carbonyl (C=O) groups excluding carboxylic acids is 1. The first-order chi connectivity index (χ1) is 13.8. The van der Waals surface area contributed by atoms with Crippen LogP contribution < -0.4 is 5.32 Å². The third-order valence-corrected chi connectivity index (χ3v) is 5.01. The fraction of sp³-hybridized carbons (Fsp3) is 0.316. The molecule has 1 fully saturated rings. The van der Waals surface area contributed by atoms with Gasteiger partial charge in [-0.3, -0.25) is 4.79 Å². The molecule has 0 aliphatic heterocycles. The van der Waals surface area contributed by atoms with Crippen LogP contribution in [0.4, 0.5) is 0 Å². The van der Waals surface area contributed by atoms with Crippen LogP contribution >= 0.6 is 0 Å². The molecule has 4 aromatic rings. The Balaban J connectivity index is 1.32. The van der Waals surface area contributed by atoms with E-state index in [-0.39, 0.29) is 18.2 Å². The lowest BCUT2D eigenvalue weighted by atomic mass is 10.1. The van der Waals surface area contributed by atoms with E-state index in [1.54, 1.807) is 12.1 Å². The van der Waals surface area contributed by atoms with Crippen molar-refractivity contribution in [2.75, 3.05) is 0 Å². The van der Waals surface area contributed by atoms with Crippen LogP contribution in [0.25, 0.3) is 22.4 Å². The number of amides is 1. The Morgan fingerprint density at radius 1 is 1.25 bits per heavy atom. The zero-order chi connectivity index (χ0) is 18.9. The van der Waals surface area contributed by atoms with Gasteiger partial charge in [-0.15, -0.1) is 5.10 Å². The Morgan fingerprint density at radius 3 is 2.96 bits per heavy atom. The molecule has 9 nitrogen and oxygen atoms in total. The molecule has 0 radical (unpaired) electrons. The fourth-order valence-corrected chi connectivity index (χ4v) is 3.59. The summed E-state index contributed by atoms with van der Waals surface area (Å²) in [6.45, 7) is 0.118. The van der Waals surface area contributed by atoms with Gasteiger partial charge in [-0.05, 0) is 43.2 Å². The highest BCUT2D eigenvalue weighted by Gasteiger charge is 2.20. The van der Waals surface area contributed by atoms with Gasteiger partial charge in [0.15, 0.2) is 5.76 Å². The van der Waals surface area contributed by atoms with Crippen molar-refractivity contribution in [3.63, 3.8) is 0 Å². The number of hydrogen-bond acceptors (Lipinski definition) is 7. The molecule has 28 heavy (non-hydrogen) atoms. The monoisotopic (exact) mass is 378 g/mol. The van der Waals surface area contributed by atoms with Crippen molar-refractivity contribution in [2.24, 2.45) is 0 Å². The molecule has 9 heteroatoms. The number of benzene rings is 1. The molecule has 0 unspecified atom stereocenters. The molecular formula is C19H18N6O3. The predicted octanol–water partition coefficient (Wildman–Crippen LogP) is 3.12. The normalized spacial score (nSPS) is 14.7. The van der Waals surface area contributed by atoms with Gasteiger partial charge in [-0.2, -0.15) is 4.98 Å². The molecule has 0 atom stereocenters. The molecule has 5 rings (SSSR count). The van der Waals surface area contributed by atoms with Gasteiger partial charge in [0.25, 0.3) is 5.91 Å². The van der Waals surface area contributed by atoms with Crippen molar-refractivity contribution < 1.29 is 13.7 Å². The molecule has 0 saturated heterocycles. The van der Waals surface area contributed by atoms with Crippen LogP contribution in [-0.4, -0.2) is 31.0 Å². The Morgan fingerprint density at radius 2 is 2.14 bits per heavy atom. The topological polar surface area (TPSA) is 112 Å². The number of rotatable bonds is 5. The van der Waals surface area contributed by atoms with E-state index < -0.39 is 0 Å². The quantitative estimate of drug-likeness (QED) is 0.568. The minimum atomic E-state index is -0.338. The van der Waals surface area contributed by atoms with E-state index in [0.717, 1.165) is 29.4 Å². The van der Waals surface area contributed by atoms with Gasteiger partial charge < -0.3 is 14.3 Å². The average molecular weight is 378 g/mol. The second-order valence-corrected chi connectivity index (χ2v) is 6.85. The Kier molecular flexibility index (Phi) is 4.12. The number of hydrogen-bond donors (Lipinski definition) is 1. The van der Waals surface area contributed by atoms with Crippen LogP contribution in [0.2, 0.25) is 0 Å². The average Bonchev–Trinajstić information content (AvgIpc) is 3.51. The second-order valence-electron chi connectivity index (χ2n) is 6.85. The molecule has 142 valence electrons. The highest BCUT2D eigenvalue weighted by molar-refractivity contribution is 5.91. The largest absolute Gasteiger partial charge is 0.459 e. The number of furan rings is 1. The highest BCUT2D eigenvalue weighted by atomic mass is 16.5. The van der Waals surface area contributed by atoms with E-state index in [4.69, 9.17) is 8.94 Å². The van der Waals surface area contributed by atoms with Crippen LogP contribution in [0.3, 0.4) is 0 Å². The molecular weight excluding hydrogens is 360 g/mol. The lowest BCUT2D eigenvalue weighted by Gasteiger charge is -2.09. The summed E-state index contributed by atoms with van der Waals surface area (Å²) in [7, 11) is 0. The Labute approximate surface area is 159 Å². The maximum atomic E-state index is 11.9. The van der Waals surface area contributed by atoms with E-state index in [2.05, 4.69) is 25.8 Å². The van der Waals surface area contributed by atoms with E-state index in [0.29, 0.717) is 17.8 Å². The Hall–Kier alpha value is -3.49. The lowest BCUT2D eigenvalue weighted by Crippen LogP contribution is -2.22. The standard InChI is InChI=1S/C19H18N6O3/c26-19(16-6-3-9-27-16)20-11-17-21-18(23-28-17)12-7-8-15-14(10-12)22-24-25(15)13-4-1-2-5-13/h3,6-10,13H,1-2,4-5,11H2,(H,20,26). The third-order valence-electron chi connectivity index (χ3n) is 5.01. The summed E-state index contributed by atoms with van der Waals surface area (Å²) in [6.07, 6.45) is 6.23. The summed E-state index contributed by atoms with van der Waals surface area (Å²) in [5.41, 5.74) is 2.62. The summed E-state index contributed by atoms with van der Waals surface area (Å²) in [5, 5.41) is 15.3. The van der Waals surface area contributed by atoms with Gasteiger partial charge in [0.1, 0.15) is 5.52 Å². The van der Waals surface area contributed by atoms with E-state index in [9.17, 15) is 4.79 Å². The number of carbonyl (C=O) groups is 1. The van der Waals surface area contributed by atoms with Crippen molar-refractivity contribution in [1.29, 1.82) is 0 Å². The van der Waals surface area contributed by atoms with Crippen molar-refractivity contribution >= 4 is 16.9 Å². The minimum absolute atomic E-state index is 0.118. The van der Waals surface area contributed by atoms with Crippen LogP contribution in [0, 0.1) is 0 Å². The van der Waals surface area contributed by atoms with Crippen LogP contribution in [0.1, 0.15) is 48.2 Å². The third kappa shape index (κ3) is 3.04. The minimum Gasteiger partial charge on any atom is -0.459 e. The van der Waals surface area contributed by atoms with Crippen molar-refractivity contribution in [2.45, 2.75) is 38.3 Å². The van der Waals surface area contributed by atoms with Crippen LogP contribution in [-0.2, 0) is 6.54 Å². The molecule has 1 aromatic carbocycles. The smallest absolute Gasteiger partial charge is 0.287 e. The van der Waals surface area contributed by atoms with Crippen molar-refractivity contribution in [3.05, 3.63) is 48.2 Å². The summed E-state index contributed by atoms with van der Waals surface area (Å²) in [5.74, 6) is 0.648. The molecule has 3 heterocycles. The molecule has 1 N–H and O–H groups in total. The first-order valence-electron chi connectivity index (χ1n) is 9.27. The van der Waals surface area contributed by atoms with Crippen LogP contribution in [0.15, 0.2) is 45.5 Å². The molecule has 1 saturated carbocycles. The summed E-state index contributed by atoms with van der Waals surface area (Å²) < 4.78 is 12.3. The van der Waals surface area contributed by atoms with Gasteiger partial charge >= 0.3 is 0 Å². The van der Waals surface area contributed by atoms with Crippen LogP contribution in [0.5, 0.6) is 0 Å². The summed E-state index contributed by atoms with van der Waals surface area (Å²) in [6, 6.07) is 9.51. The molecule has 1 amide bonds. The summed E-state index contributed by atoms with van der Waals surface area (Å²) >= 11 is 0. The van der Waals surface area contributed by atoms with Crippen molar-refractivity contribution in [3.8, 4) is 11.4 Å². The fourth-order valence-electron chi connectivity index (χ4n) is 3.59. The molecule has 1 aliphatic rings. The van der Waals surface area contributed by atoms with Crippen molar-refractivity contribution in [1.82, 2.24) is 30.5 Å².